The molecule has 0 amide bonds. The molecule has 10 heteroatoms. The number of carbonyl (C=O) groups is 1. The predicted molar refractivity (Wildman–Crippen MR) is 91.2 cm³/mol. The maximum absolute atomic E-state index is 12.4. The van der Waals surface area contributed by atoms with Crippen molar-refractivity contribution in [3.8, 4) is 0 Å². The first-order valence-corrected chi connectivity index (χ1v) is 9.80. The van der Waals surface area contributed by atoms with Gasteiger partial charge in [-0.05, 0) is 30.7 Å². The summed E-state index contributed by atoms with van der Waals surface area (Å²) in [6.07, 6.45) is 0.255. The molecule has 1 heterocycles. The lowest BCUT2D eigenvalue weighted by atomic mass is 9.85. The molecular formula is C13H16N2O5S3. The van der Waals surface area contributed by atoms with Crippen LogP contribution in [0.15, 0.2) is 40.4 Å². The second kappa shape index (κ2) is 7.20. The topological polar surface area (TPSA) is 113 Å². The quantitative estimate of drug-likeness (QED) is 0.514. The minimum Gasteiger partial charge on any atom is -0.480 e. The van der Waals surface area contributed by atoms with Gasteiger partial charge in [0, 0.05) is 4.58 Å². The van der Waals surface area contributed by atoms with Gasteiger partial charge in [0.1, 0.15) is 11.6 Å². The second-order valence-electron chi connectivity index (χ2n) is 5.18. The first-order chi connectivity index (χ1) is 10.8. The minimum absolute atomic E-state index is 0.0695. The molecule has 0 saturated carbocycles. The molecule has 0 spiro atoms. The van der Waals surface area contributed by atoms with E-state index in [0.717, 1.165) is 0 Å². The summed E-state index contributed by atoms with van der Waals surface area (Å²) in [7, 11) is -4.08. The van der Waals surface area contributed by atoms with Gasteiger partial charge in [0.05, 0.1) is 4.90 Å². The first-order valence-electron chi connectivity index (χ1n) is 6.75. The Morgan fingerprint density at radius 1 is 1.43 bits per heavy atom. The second-order valence-corrected chi connectivity index (χ2v) is 9.18. The zero-order chi connectivity index (χ0) is 17.1. The number of nitrogens with zero attached hydrogens (tertiary/aromatic N) is 1. The Morgan fingerprint density at radius 3 is 2.61 bits per heavy atom. The van der Waals surface area contributed by atoms with Crippen LogP contribution >= 0.6 is 24.4 Å². The van der Waals surface area contributed by atoms with Crippen molar-refractivity contribution in [2.24, 2.45) is 5.18 Å². The van der Waals surface area contributed by atoms with E-state index in [2.05, 4.69) is 22.5 Å². The lowest BCUT2D eigenvalue weighted by Crippen LogP contribution is -2.57. The summed E-state index contributed by atoms with van der Waals surface area (Å²) in [6, 6.07) is 5.76. The number of hydrogen-bond acceptors (Lipinski definition) is 7. The van der Waals surface area contributed by atoms with E-state index in [9.17, 15) is 23.2 Å². The standard InChI is InChI=1S/C13H16N2O5S3/c16-12(17)11(13(15-18)6-7-22-10(21)8-13)14-23(19,20)9-4-2-1-3-5-9/h1-5,10-11,14,21H,6-8H2,(H,16,17). The van der Waals surface area contributed by atoms with Crippen molar-refractivity contribution in [2.45, 2.75) is 33.9 Å². The molecule has 0 bridgehead atoms. The van der Waals surface area contributed by atoms with Gasteiger partial charge in [-0.1, -0.05) is 23.4 Å². The van der Waals surface area contributed by atoms with Gasteiger partial charge in [0.15, 0.2) is 0 Å². The average Bonchev–Trinajstić information content (AvgIpc) is 2.53. The molecule has 0 aromatic heterocycles. The fourth-order valence-corrected chi connectivity index (χ4v) is 5.51. The lowest BCUT2D eigenvalue weighted by molar-refractivity contribution is -0.140. The highest BCUT2D eigenvalue weighted by Gasteiger charge is 2.49. The van der Waals surface area contributed by atoms with Crippen molar-refractivity contribution in [1.82, 2.24) is 4.72 Å². The van der Waals surface area contributed by atoms with Crippen molar-refractivity contribution >= 4 is 40.4 Å². The summed E-state index contributed by atoms with van der Waals surface area (Å²) in [6.45, 7) is 0. The molecule has 1 aromatic rings. The highest BCUT2D eigenvalue weighted by atomic mass is 32.2. The van der Waals surface area contributed by atoms with Gasteiger partial charge in [-0.2, -0.15) is 22.3 Å². The molecule has 1 aliphatic heterocycles. The number of hydrogen-bond donors (Lipinski definition) is 3. The maximum Gasteiger partial charge on any atom is 0.324 e. The van der Waals surface area contributed by atoms with E-state index < -0.39 is 27.6 Å². The van der Waals surface area contributed by atoms with E-state index in [1.54, 1.807) is 6.07 Å². The Hall–Kier alpha value is -1.10. The van der Waals surface area contributed by atoms with Crippen molar-refractivity contribution in [3.63, 3.8) is 0 Å². The van der Waals surface area contributed by atoms with Crippen molar-refractivity contribution in [1.29, 1.82) is 0 Å². The molecule has 1 aliphatic rings. The molecule has 7 nitrogen and oxygen atoms in total. The van der Waals surface area contributed by atoms with Crippen LogP contribution in [0.3, 0.4) is 0 Å². The number of aliphatic carboxylic acids is 1. The van der Waals surface area contributed by atoms with Gasteiger partial charge in [-0.25, -0.2) is 8.42 Å². The summed E-state index contributed by atoms with van der Waals surface area (Å²) < 4.78 is 26.6. The average molecular weight is 376 g/mol. The molecule has 2 rings (SSSR count). The first kappa shape index (κ1) is 18.2. The number of carboxylic acid groups (broad SMARTS) is 1. The summed E-state index contributed by atoms with van der Waals surface area (Å²) in [5.41, 5.74) is -1.55. The van der Waals surface area contributed by atoms with Crippen LogP contribution in [-0.2, 0) is 14.8 Å². The number of nitroso groups, excluding NO2 is 1. The molecule has 0 aliphatic carbocycles. The molecule has 126 valence electrons. The molecule has 2 N–H and O–H groups in total. The Kier molecular flexibility index (Phi) is 5.71. The number of rotatable bonds is 6. The third kappa shape index (κ3) is 4.06. The molecule has 3 unspecified atom stereocenters. The molecule has 1 fully saturated rings. The van der Waals surface area contributed by atoms with Crippen molar-refractivity contribution in [3.05, 3.63) is 35.2 Å². The summed E-state index contributed by atoms with van der Waals surface area (Å²) in [4.78, 5) is 23.0. The highest BCUT2D eigenvalue weighted by molar-refractivity contribution is 8.10. The lowest BCUT2D eigenvalue weighted by Gasteiger charge is -2.37. The Labute approximate surface area is 143 Å². The smallest absolute Gasteiger partial charge is 0.324 e. The Balaban J connectivity index is 2.35. The van der Waals surface area contributed by atoms with Gasteiger partial charge in [0.2, 0.25) is 10.0 Å². The Bertz CT molecular complexity index is 682. The van der Waals surface area contributed by atoms with Gasteiger partial charge >= 0.3 is 5.97 Å². The van der Waals surface area contributed by atoms with Gasteiger partial charge in [-0.3, -0.25) is 4.79 Å². The molecule has 0 radical (unpaired) electrons. The SMILES string of the molecule is O=NC1(C(NS(=O)(=O)c2ccccc2)C(=O)O)CCSC(S)C1. The third-order valence-electron chi connectivity index (χ3n) is 3.67. The fourth-order valence-electron chi connectivity index (χ4n) is 2.45. The molecule has 1 aromatic carbocycles. The molecular weight excluding hydrogens is 360 g/mol. The molecule has 23 heavy (non-hydrogen) atoms. The van der Waals surface area contributed by atoms with Crippen LogP contribution in [0.25, 0.3) is 0 Å². The number of thioether (sulfide) groups is 1. The fraction of sp³-hybridized carbons (Fsp3) is 0.462. The Morgan fingerprint density at radius 2 is 2.09 bits per heavy atom. The van der Waals surface area contributed by atoms with Crippen LogP contribution in [0.2, 0.25) is 0 Å². The van der Waals surface area contributed by atoms with Gasteiger partial charge in [0.25, 0.3) is 0 Å². The summed E-state index contributed by atoms with van der Waals surface area (Å²) in [5.74, 6) is -0.951. The number of nitrogens with one attached hydrogen (secondary N) is 1. The summed E-state index contributed by atoms with van der Waals surface area (Å²) in [5, 5.41) is 12.5. The van der Waals surface area contributed by atoms with E-state index in [1.165, 1.54) is 36.0 Å². The van der Waals surface area contributed by atoms with Crippen LogP contribution in [0.4, 0.5) is 0 Å². The monoisotopic (exact) mass is 376 g/mol. The van der Waals surface area contributed by atoms with E-state index in [0.29, 0.717) is 5.75 Å². The molecule has 1 saturated heterocycles. The largest absolute Gasteiger partial charge is 0.480 e. The molecule has 3 atom stereocenters. The van der Waals surface area contributed by atoms with E-state index in [1.807, 2.05) is 0 Å². The number of benzene rings is 1. The van der Waals surface area contributed by atoms with E-state index in [-0.39, 0.29) is 22.3 Å². The zero-order valence-corrected chi connectivity index (χ0v) is 14.5. The van der Waals surface area contributed by atoms with Crippen molar-refractivity contribution in [2.75, 3.05) is 5.75 Å². The van der Waals surface area contributed by atoms with Crippen LogP contribution in [0.5, 0.6) is 0 Å². The number of carboxylic acids is 1. The number of sulfonamides is 1. The van der Waals surface area contributed by atoms with Gasteiger partial charge in [-0.15, -0.1) is 11.8 Å². The normalized spacial score (nSPS) is 26.4. The zero-order valence-electron chi connectivity index (χ0n) is 12.0. The van der Waals surface area contributed by atoms with Crippen LogP contribution in [0.1, 0.15) is 12.8 Å². The highest BCUT2D eigenvalue weighted by Crippen LogP contribution is 2.39. The van der Waals surface area contributed by atoms with E-state index in [4.69, 9.17) is 0 Å². The van der Waals surface area contributed by atoms with Crippen molar-refractivity contribution < 1.29 is 18.3 Å². The van der Waals surface area contributed by atoms with E-state index >= 15 is 0 Å². The van der Waals surface area contributed by atoms with Gasteiger partial charge < -0.3 is 5.11 Å². The minimum atomic E-state index is -4.08. The predicted octanol–water partition coefficient (Wildman–Crippen LogP) is 1.71. The third-order valence-corrected chi connectivity index (χ3v) is 6.73. The summed E-state index contributed by atoms with van der Waals surface area (Å²) >= 11 is 5.74. The van der Waals surface area contributed by atoms with Crippen LogP contribution in [0, 0.1) is 4.91 Å². The number of thiol groups is 1. The van der Waals surface area contributed by atoms with Crippen LogP contribution in [-0.4, -0.2) is 41.4 Å². The maximum atomic E-state index is 12.4. The van der Waals surface area contributed by atoms with Crippen LogP contribution < -0.4 is 4.72 Å².